The first kappa shape index (κ1) is 17.2. The summed E-state index contributed by atoms with van der Waals surface area (Å²) in [6, 6.07) is 0.288. The molecule has 1 aliphatic heterocycles. The normalized spacial score (nSPS) is 17.5. The first-order valence-corrected chi connectivity index (χ1v) is 9.23. The van der Waals surface area contributed by atoms with Crippen molar-refractivity contribution >= 4 is 22.4 Å². The van der Waals surface area contributed by atoms with E-state index in [2.05, 4.69) is 33.9 Å². The minimum absolute atomic E-state index is 0.159. The van der Waals surface area contributed by atoms with Crippen LogP contribution < -0.4 is 10.2 Å². The van der Waals surface area contributed by atoms with Gasteiger partial charge >= 0.3 is 0 Å². The molecule has 1 N–H and O–H groups in total. The van der Waals surface area contributed by atoms with Crippen molar-refractivity contribution in [3.05, 3.63) is 11.6 Å². The molecule has 1 saturated heterocycles. The molecule has 6 heteroatoms. The van der Waals surface area contributed by atoms with Crippen molar-refractivity contribution in [2.24, 2.45) is 0 Å². The number of nitrogens with one attached hydrogen (secondary N) is 1. The molecule has 1 fully saturated rings. The fraction of sp³-hybridized carbons (Fsp3) is 0.750. The monoisotopic (exact) mass is 324 g/mol. The van der Waals surface area contributed by atoms with Gasteiger partial charge < -0.3 is 10.2 Å². The summed E-state index contributed by atoms with van der Waals surface area (Å²) in [6.45, 7) is 8.58. The van der Waals surface area contributed by atoms with Crippen LogP contribution in [0.2, 0.25) is 0 Å². The van der Waals surface area contributed by atoms with Gasteiger partial charge in [-0.3, -0.25) is 9.69 Å². The molecule has 1 atom stereocenters. The number of hydrogen-bond donors (Lipinski definition) is 1. The highest BCUT2D eigenvalue weighted by atomic mass is 32.1. The van der Waals surface area contributed by atoms with Gasteiger partial charge in [-0.05, 0) is 13.3 Å². The quantitative estimate of drug-likeness (QED) is 0.746. The van der Waals surface area contributed by atoms with E-state index in [1.807, 2.05) is 11.6 Å². The van der Waals surface area contributed by atoms with E-state index in [9.17, 15) is 4.79 Å². The van der Waals surface area contributed by atoms with Crippen LogP contribution in [-0.2, 0) is 4.79 Å². The molecule has 0 bridgehead atoms. The lowest BCUT2D eigenvalue weighted by Gasteiger charge is -2.34. The van der Waals surface area contributed by atoms with E-state index in [-0.39, 0.29) is 11.9 Å². The van der Waals surface area contributed by atoms with Crippen LogP contribution in [0.3, 0.4) is 0 Å². The third-order valence-corrected chi connectivity index (χ3v) is 4.91. The number of amides is 1. The van der Waals surface area contributed by atoms with E-state index in [0.29, 0.717) is 6.54 Å². The lowest BCUT2D eigenvalue weighted by molar-refractivity contribution is -0.123. The highest BCUT2D eigenvalue weighted by Crippen LogP contribution is 2.18. The smallest absolute Gasteiger partial charge is 0.234 e. The number of unbranched alkanes of at least 4 members (excludes halogenated alkanes) is 2. The average Bonchev–Trinajstić information content (AvgIpc) is 3.02. The number of thiazole rings is 1. The summed E-state index contributed by atoms with van der Waals surface area (Å²) in [4.78, 5) is 21.0. The Kier molecular flexibility index (Phi) is 7.12. The molecule has 1 aromatic rings. The summed E-state index contributed by atoms with van der Waals surface area (Å²) in [5.41, 5.74) is 0. The summed E-state index contributed by atoms with van der Waals surface area (Å²) >= 11 is 1.68. The van der Waals surface area contributed by atoms with Crippen LogP contribution in [0, 0.1) is 0 Å². The minimum atomic E-state index is 0.159. The Morgan fingerprint density at radius 2 is 2.14 bits per heavy atom. The van der Waals surface area contributed by atoms with Crippen LogP contribution in [0.4, 0.5) is 5.13 Å². The molecule has 5 nitrogen and oxygen atoms in total. The molecule has 1 amide bonds. The van der Waals surface area contributed by atoms with Gasteiger partial charge in [0.05, 0.1) is 6.54 Å². The SMILES string of the molecule is CCCCCC(C)NC(=O)CN1CCN(c2nccs2)CC1. The Hall–Kier alpha value is -1.14. The van der Waals surface area contributed by atoms with Gasteiger partial charge in [-0.25, -0.2) is 4.98 Å². The van der Waals surface area contributed by atoms with Gasteiger partial charge in [0, 0.05) is 43.8 Å². The van der Waals surface area contributed by atoms with Gasteiger partial charge in [0.15, 0.2) is 5.13 Å². The summed E-state index contributed by atoms with van der Waals surface area (Å²) in [6.07, 6.45) is 6.60. The minimum Gasteiger partial charge on any atom is -0.353 e. The Bertz CT molecular complexity index is 429. The number of hydrogen-bond acceptors (Lipinski definition) is 5. The zero-order chi connectivity index (χ0) is 15.8. The van der Waals surface area contributed by atoms with E-state index in [1.54, 1.807) is 11.3 Å². The number of rotatable bonds is 8. The molecule has 1 aliphatic rings. The molecule has 0 aliphatic carbocycles. The molecule has 2 heterocycles. The summed E-state index contributed by atoms with van der Waals surface area (Å²) in [5.74, 6) is 0.159. The lowest BCUT2D eigenvalue weighted by atomic mass is 10.1. The number of aromatic nitrogens is 1. The van der Waals surface area contributed by atoms with Crippen LogP contribution in [0.25, 0.3) is 0 Å². The predicted molar refractivity (Wildman–Crippen MR) is 92.5 cm³/mol. The van der Waals surface area contributed by atoms with Gasteiger partial charge in [0.1, 0.15) is 0 Å². The highest BCUT2D eigenvalue weighted by Gasteiger charge is 2.20. The largest absolute Gasteiger partial charge is 0.353 e. The average molecular weight is 324 g/mol. The van der Waals surface area contributed by atoms with E-state index in [1.165, 1.54) is 19.3 Å². The van der Waals surface area contributed by atoms with E-state index >= 15 is 0 Å². The second-order valence-corrected chi connectivity index (χ2v) is 6.92. The van der Waals surface area contributed by atoms with Crippen LogP contribution in [0.15, 0.2) is 11.6 Å². The highest BCUT2D eigenvalue weighted by molar-refractivity contribution is 7.13. The number of piperazine rings is 1. The fourth-order valence-electron chi connectivity index (χ4n) is 2.77. The Morgan fingerprint density at radius 3 is 2.77 bits per heavy atom. The van der Waals surface area contributed by atoms with Gasteiger partial charge in [-0.15, -0.1) is 11.3 Å². The van der Waals surface area contributed by atoms with E-state index < -0.39 is 0 Å². The molecular weight excluding hydrogens is 296 g/mol. The van der Waals surface area contributed by atoms with Gasteiger partial charge in [0.2, 0.25) is 5.91 Å². The molecule has 1 aromatic heterocycles. The maximum absolute atomic E-state index is 12.1. The third kappa shape index (κ3) is 5.57. The van der Waals surface area contributed by atoms with Crippen molar-refractivity contribution in [1.29, 1.82) is 0 Å². The first-order chi connectivity index (χ1) is 10.7. The Morgan fingerprint density at radius 1 is 1.36 bits per heavy atom. The molecule has 0 aromatic carbocycles. The maximum atomic E-state index is 12.1. The third-order valence-electron chi connectivity index (χ3n) is 4.08. The summed E-state index contributed by atoms with van der Waals surface area (Å²) < 4.78 is 0. The molecule has 0 spiro atoms. The van der Waals surface area contributed by atoms with Crippen molar-refractivity contribution in [1.82, 2.24) is 15.2 Å². The Labute approximate surface area is 137 Å². The number of carbonyl (C=O) groups excluding carboxylic acids is 1. The van der Waals surface area contributed by atoms with Crippen molar-refractivity contribution in [3.8, 4) is 0 Å². The lowest BCUT2D eigenvalue weighted by Crippen LogP contribution is -2.50. The van der Waals surface area contributed by atoms with Crippen LogP contribution >= 0.6 is 11.3 Å². The fourth-order valence-corrected chi connectivity index (χ4v) is 3.46. The molecule has 1 unspecified atom stereocenters. The maximum Gasteiger partial charge on any atom is 0.234 e. The van der Waals surface area contributed by atoms with Crippen LogP contribution in [0.1, 0.15) is 39.5 Å². The predicted octanol–water partition coefficient (Wildman–Crippen LogP) is 2.35. The van der Waals surface area contributed by atoms with Crippen molar-refractivity contribution in [2.75, 3.05) is 37.6 Å². The van der Waals surface area contributed by atoms with Gasteiger partial charge in [-0.1, -0.05) is 26.2 Å². The second-order valence-electron chi connectivity index (χ2n) is 6.04. The zero-order valence-corrected chi connectivity index (χ0v) is 14.6. The topological polar surface area (TPSA) is 48.5 Å². The van der Waals surface area contributed by atoms with Crippen LogP contribution in [0.5, 0.6) is 0 Å². The van der Waals surface area contributed by atoms with Crippen molar-refractivity contribution in [2.45, 2.75) is 45.6 Å². The van der Waals surface area contributed by atoms with Gasteiger partial charge in [0.25, 0.3) is 0 Å². The molecular formula is C16H28N4OS. The zero-order valence-electron chi connectivity index (χ0n) is 13.8. The van der Waals surface area contributed by atoms with E-state index in [4.69, 9.17) is 0 Å². The Balaban J connectivity index is 1.64. The molecule has 0 radical (unpaired) electrons. The summed E-state index contributed by atoms with van der Waals surface area (Å²) in [7, 11) is 0. The van der Waals surface area contributed by atoms with Crippen LogP contribution in [-0.4, -0.2) is 54.6 Å². The van der Waals surface area contributed by atoms with Crippen molar-refractivity contribution < 1.29 is 4.79 Å². The van der Waals surface area contributed by atoms with Crippen molar-refractivity contribution in [3.63, 3.8) is 0 Å². The number of anilines is 1. The molecule has 124 valence electrons. The summed E-state index contributed by atoms with van der Waals surface area (Å²) in [5, 5.41) is 6.22. The number of carbonyl (C=O) groups is 1. The standard InChI is InChI=1S/C16H28N4OS/c1-3-4-5-6-14(2)18-15(21)13-19-8-10-20(11-9-19)16-17-7-12-22-16/h7,12,14H,3-6,8-11,13H2,1-2H3,(H,18,21). The second kappa shape index (κ2) is 9.10. The number of nitrogens with zero attached hydrogens (tertiary/aromatic N) is 3. The molecule has 22 heavy (non-hydrogen) atoms. The van der Waals surface area contributed by atoms with Gasteiger partial charge in [-0.2, -0.15) is 0 Å². The molecule has 0 saturated carbocycles. The first-order valence-electron chi connectivity index (χ1n) is 8.35. The molecule has 2 rings (SSSR count). The van der Waals surface area contributed by atoms with E-state index in [0.717, 1.165) is 37.7 Å².